The highest BCUT2D eigenvalue weighted by atomic mass is 79.9. The minimum absolute atomic E-state index is 0.162. The molecular formula is C22H16Br2N6O. The SMILES string of the molecule is CCNc1nc(Nc2ccc(C#N)cc2)nc(Oc2ccc3cc(Br)cc(Br)c3c2)n1. The number of aromatic nitrogens is 3. The van der Waals surface area contributed by atoms with Crippen LogP contribution in [0.25, 0.3) is 10.8 Å². The molecule has 0 atom stereocenters. The number of hydrogen-bond acceptors (Lipinski definition) is 7. The largest absolute Gasteiger partial charge is 0.424 e. The minimum atomic E-state index is 0.162. The van der Waals surface area contributed by atoms with E-state index in [0.29, 0.717) is 29.8 Å². The zero-order chi connectivity index (χ0) is 21.8. The molecule has 0 aliphatic carbocycles. The van der Waals surface area contributed by atoms with Gasteiger partial charge >= 0.3 is 6.01 Å². The Bertz CT molecular complexity index is 1290. The van der Waals surface area contributed by atoms with Crippen molar-refractivity contribution < 1.29 is 4.74 Å². The van der Waals surface area contributed by atoms with E-state index in [2.05, 4.69) is 63.5 Å². The van der Waals surface area contributed by atoms with Gasteiger partial charge in [-0.15, -0.1) is 0 Å². The van der Waals surface area contributed by atoms with E-state index in [1.807, 2.05) is 37.3 Å². The van der Waals surface area contributed by atoms with E-state index in [-0.39, 0.29) is 6.01 Å². The van der Waals surface area contributed by atoms with Crippen LogP contribution in [0.15, 0.2) is 63.5 Å². The van der Waals surface area contributed by atoms with E-state index < -0.39 is 0 Å². The van der Waals surface area contributed by atoms with Crippen molar-refractivity contribution in [2.45, 2.75) is 6.92 Å². The van der Waals surface area contributed by atoms with Gasteiger partial charge in [0, 0.05) is 21.2 Å². The fourth-order valence-corrected chi connectivity index (χ4v) is 4.25. The van der Waals surface area contributed by atoms with Gasteiger partial charge < -0.3 is 15.4 Å². The number of nitriles is 1. The van der Waals surface area contributed by atoms with Crippen LogP contribution in [0, 0.1) is 11.3 Å². The first-order valence-corrected chi connectivity index (χ1v) is 11.0. The number of benzene rings is 3. The molecule has 2 N–H and O–H groups in total. The molecule has 1 heterocycles. The molecule has 4 rings (SSSR count). The molecule has 154 valence electrons. The van der Waals surface area contributed by atoms with E-state index in [1.165, 1.54) is 0 Å². The van der Waals surface area contributed by atoms with Crippen molar-refractivity contribution in [3.8, 4) is 17.8 Å². The normalized spacial score (nSPS) is 10.5. The number of ether oxygens (including phenoxy) is 1. The van der Waals surface area contributed by atoms with Crippen molar-refractivity contribution in [3.63, 3.8) is 0 Å². The summed E-state index contributed by atoms with van der Waals surface area (Å²) >= 11 is 7.09. The highest BCUT2D eigenvalue weighted by Gasteiger charge is 2.10. The van der Waals surface area contributed by atoms with Gasteiger partial charge in [0.2, 0.25) is 11.9 Å². The van der Waals surface area contributed by atoms with Crippen LogP contribution in [-0.4, -0.2) is 21.5 Å². The van der Waals surface area contributed by atoms with Crippen molar-refractivity contribution in [1.29, 1.82) is 5.26 Å². The van der Waals surface area contributed by atoms with Crippen LogP contribution in [0.4, 0.5) is 17.6 Å². The van der Waals surface area contributed by atoms with Crippen LogP contribution in [0.1, 0.15) is 12.5 Å². The standard InChI is InChI=1S/C22H16Br2N6O/c1-2-26-20-28-21(27-16-6-3-13(12-25)4-7-16)30-22(29-20)31-17-8-5-14-9-15(23)10-19(24)18(14)11-17/h3-11H,2H2,1H3,(H2,26,27,28,29,30). The number of fused-ring (bicyclic) bond motifs is 1. The molecule has 0 spiro atoms. The molecule has 0 radical (unpaired) electrons. The third kappa shape index (κ3) is 5.10. The quantitative estimate of drug-likeness (QED) is 0.293. The second kappa shape index (κ2) is 9.29. The summed E-state index contributed by atoms with van der Waals surface area (Å²) in [6.45, 7) is 2.61. The third-order valence-corrected chi connectivity index (χ3v) is 5.38. The molecule has 3 aromatic carbocycles. The highest BCUT2D eigenvalue weighted by Crippen LogP contribution is 2.32. The number of nitrogens with zero attached hydrogens (tertiary/aromatic N) is 4. The van der Waals surface area contributed by atoms with Gasteiger partial charge in [0.25, 0.3) is 0 Å². The Morgan fingerprint density at radius 1 is 0.968 bits per heavy atom. The van der Waals surface area contributed by atoms with Gasteiger partial charge in [-0.05, 0) is 66.2 Å². The fourth-order valence-electron chi connectivity index (χ4n) is 2.88. The lowest BCUT2D eigenvalue weighted by Crippen LogP contribution is -2.07. The van der Waals surface area contributed by atoms with Crippen molar-refractivity contribution >= 4 is 60.2 Å². The molecule has 0 amide bonds. The summed E-state index contributed by atoms with van der Waals surface area (Å²) in [5.41, 5.74) is 1.33. The summed E-state index contributed by atoms with van der Waals surface area (Å²) in [5, 5.41) is 17.2. The summed E-state index contributed by atoms with van der Waals surface area (Å²) < 4.78 is 7.90. The van der Waals surface area contributed by atoms with Crippen molar-refractivity contribution in [3.05, 3.63) is 69.1 Å². The van der Waals surface area contributed by atoms with Crippen LogP contribution in [0.5, 0.6) is 11.8 Å². The average Bonchev–Trinajstić information content (AvgIpc) is 2.75. The number of hydrogen-bond donors (Lipinski definition) is 2. The number of halogens is 2. The molecule has 31 heavy (non-hydrogen) atoms. The van der Waals surface area contributed by atoms with Gasteiger partial charge in [0.1, 0.15) is 5.75 Å². The van der Waals surface area contributed by atoms with Crippen molar-refractivity contribution in [1.82, 2.24) is 15.0 Å². The van der Waals surface area contributed by atoms with E-state index in [9.17, 15) is 0 Å². The summed E-state index contributed by atoms with van der Waals surface area (Å²) in [6, 6.07) is 19.1. The van der Waals surface area contributed by atoms with E-state index in [0.717, 1.165) is 25.4 Å². The predicted octanol–water partition coefficient (Wildman–Crippen LogP) is 6.39. The second-order valence-electron chi connectivity index (χ2n) is 6.48. The molecule has 0 unspecified atom stereocenters. The maximum atomic E-state index is 8.95. The first kappa shape index (κ1) is 21.0. The Balaban J connectivity index is 1.64. The van der Waals surface area contributed by atoms with Crippen LogP contribution in [-0.2, 0) is 0 Å². The van der Waals surface area contributed by atoms with Crippen LogP contribution in [0.3, 0.4) is 0 Å². The van der Waals surface area contributed by atoms with Crippen LogP contribution >= 0.6 is 31.9 Å². The highest BCUT2D eigenvalue weighted by molar-refractivity contribution is 9.11. The summed E-state index contributed by atoms with van der Waals surface area (Å²) in [5.74, 6) is 1.33. The number of anilines is 3. The van der Waals surface area contributed by atoms with Gasteiger partial charge in [-0.2, -0.15) is 20.2 Å². The van der Waals surface area contributed by atoms with Crippen LogP contribution < -0.4 is 15.4 Å². The average molecular weight is 540 g/mol. The summed E-state index contributed by atoms with van der Waals surface area (Å²) in [7, 11) is 0. The van der Waals surface area contributed by atoms with Crippen molar-refractivity contribution in [2.75, 3.05) is 17.2 Å². The van der Waals surface area contributed by atoms with Crippen molar-refractivity contribution in [2.24, 2.45) is 0 Å². The molecule has 0 bridgehead atoms. The van der Waals surface area contributed by atoms with Gasteiger partial charge in [-0.3, -0.25) is 0 Å². The Morgan fingerprint density at radius 2 is 1.74 bits per heavy atom. The predicted molar refractivity (Wildman–Crippen MR) is 128 cm³/mol. The number of nitrogens with one attached hydrogen (secondary N) is 2. The molecule has 9 heteroatoms. The Kier molecular flexibility index (Phi) is 6.30. The lowest BCUT2D eigenvalue weighted by atomic mass is 10.1. The zero-order valence-electron chi connectivity index (χ0n) is 16.4. The molecule has 0 saturated heterocycles. The third-order valence-electron chi connectivity index (χ3n) is 4.27. The number of rotatable bonds is 6. The smallest absolute Gasteiger partial charge is 0.328 e. The molecule has 0 fully saturated rings. The van der Waals surface area contributed by atoms with Gasteiger partial charge in [0.15, 0.2) is 0 Å². The lowest BCUT2D eigenvalue weighted by Gasteiger charge is -2.11. The van der Waals surface area contributed by atoms with Gasteiger partial charge in [-0.25, -0.2) is 0 Å². The molecule has 7 nitrogen and oxygen atoms in total. The topological polar surface area (TPSA) is 95.8 Å². The van der Waals surface area contributed by atoms with Crippen LogP contribution in [0.2, 0.25) is 0 Å². The minimum Gasteiger partial charge on any atom is -0.424 e. The Morgan fingerprint density at radius 3 is 2.48 bits per heavy atom. The molecule has 0 saturated carbocycles. The molecule has 0 aliphatic heterocycles. The summed E-state index contributed by atoms with van der Waals surface area (Å²) in [6.07, 6.45) is 0. The molecule has 1 aromatic heterocycles. The maximum absolute atomic E-state index is 8.95. The maximum Gasteiger partial charge on any atom is 0.328 e. The van der Waals surface area contributed by atoms with Gasteiger partial charge in [-0.1, -0.05) is 37.9 Å². The molecular weight excluding hydrogens is 524 g/mol. The summed E-state index contributed by atoms with van der Waals surface area (Å²) in [4.78, 5) is 13.1. The van der Waals surface area contributed by atoms with Gasteiger partial charge in [0.05, 0.1) is 11.6 Å². The Hall–Kier alpha value is -3.22. The monoisotopic (exact) mass is 538 g/mol. The lowest BCUT2D eigenvalue weighted by molar-refractivity contribution is 0.442. The first-order chi connectivity index (χ1) is 15.0. The fraction of sp³-hybridized carbons (Fsp3) is 0.0909. The molecule has 0 aliphatic rings. The Labute approximate surface area is 195 Å². The first-order valence-electron chi connectivity index (χ1n) is 9.38. The van der Waals surface area contributed by atoms with E-state index in [1.54, 1.807) is 24.3 Å². The molecule has 4 aromatic rings. The zero-order valence-corrected chi connectivity index (χ0v) is 19.5. The van der Waals surface area contributed by atoms with E-state index >= 15 is 0 Å². The van der Waals surface area contributed by atoms with E-state index in [4.69, 9.17) is 10.00 Å². The second-order valence-corrected chi connectivity index (χ2v) is 8.25.